The molecule has 3 atom stereocenters. The van der Waals surface area contributed by atoms with Crippen LogP contribution in [0.5, 0.6) is 0 Å². The molecule has 6 heteroatoms. The van der Waals surface area contributed by atoms with Crippen molar-refractivity contribution in [3.8, 4) is 0 Å². The molecule has 0 spiro atoms. The zero-order valence-electron chi connectivity index (χ0n) is 12.0. The fourth-order valence-electron chi connectivity index (χ4n) is 2.42. The molecule has 1 fully saturated rings. The maximum absolute atomic E-state index is 11.9. The van der Waals surface area contributed by atoms with Crippen molar-refractivity contribution in [3.05, 3.63) is 34.9 Å². The quantitative estimate of drug-likeness (QED) is 0.781. The Balaban J connectivity index is 1.92. The summed E-state index contributed by atoms with van der Waals surface area (Å²) in [5.41, 5.74) is 1.01. The predicted octanol–water partition coefficient (Wildman–Crippen LogP) is 2.24. The number of nitrogens with one attached hydrogen (secondary N) is 2. The first-order chi connectivity index (χ1) is 10.1. The van der Waals surface area contributed by atoms with Crippen molar-refractivity contribution < 1.29 is 14.6 Å². The van der Waals surface area contributed by atoms with E-state index < -0.39 is 0 Å². The van der Waals surface area contributed by atoms with Crippen LogP contribution in [0.1, 0.15) is 31.4 Å². The Morgan fingerprint density at radius 1 is 1.48 bits per heavy atom. The molecule has 1 aromatic rings. The molecule has 0 aliphatic carbocycles. The van der Waals surface area contributed by atoms with Crippen LogP contribution in [0.25, 0.3) is 0 Å². The number of ether oxygens (including phenoxy) is 1. The highest BCUT2D eigenvalue weighted by Crippen LogP contribution is 2.29. The van der Waals surface area contributed by atoms with Gasteiger partial charge in [-0.3, -0.25) is 0 Å². The summed E-state index contributed by atoms with van der Waals surface area (Å²) in [6, 6.07) is 7.11. The third-order valence-electron chi connectivity index (χ3n) is 3.55. The molecule has 3 unspecified atom stereocenters. The molecule has 21 heavy (non-hydrogen) atoms. The van der Waals surface area contributed by atoms with Crippen molar-refractivity contribution in [1.82, 2.24) is 10.6 Å². The normalized spacial score (nSPS) is 22.8. The minimum atomic E-state index is -0.231. The average molecular weight is 313 g/mol. The van der Waals surface area contributed by atoms with Gasteiger partial charge < -0.3 is 20.5 Å². The number of hydrogen-bond acceptors (Lipinski definition) is 3. The molecule has 0 aromatic heterocycles. The predicted molar refractivity (Wildman–Crippen MR) is 81.4 cm³/mol. The Labute approximate surface area is 129 Å². The van der Waals surface area contributed by atoms with Gasteiger partial charge in [0.1, 0.15) is 6.10 Å². The second kappa shape index (κ2) is 7.64. The maximum atomic E-state index is 11.9. The van der Waals surface area contributed by atoms with Gasteiger partial charge >= 0.3 is 6.03 Å². The van der Waals surface area contributed by atoms with Crippen LogP contribution in [-0.4, -0.2) is 36.4 Å². The topological polar surface area (TPSA) is 70.6 Å². The smallest absolute Gasteiger partial charge is 0.315 e. The number of hydrogen-bond donors (Lipinski definition) is 3. The molecule has 0 radical (unpaired) electrons. The van der Waals surface area contributed by atoms with Crippen LogP contribution >= 0.6 is 11.6 Å². The molecule has 2 amide bonds. The van der Waals surface area contributed by atoms with E-state index >= 15 is 0 Å². The van der Waals surface area contributed by atoms with Crippen molar-refractivity contribution in [1.29, 1.82) is 0 Å². The summed E-state index contributed by atoms with van der Waals surface area (Å²) >= 11 is 5.89. The van der Waals surface area contributed by atoms with E-state index in [0.717, 1.165) is 12.0 Å². The summed E-state index contributed by atoms with van der Waals surface area (Å²) in [6.07, 6.45) is 1.16. The van der Waals surface area contributed by atoms with Crippen molar-refractivity contribution >= 4 is 17.6 Å². The number of aliphatic hydroxyl groups is 1. The van der Waals surface area contributed by atoms with E-state index in [-0.39, 0.29) is 30.8 Å². The minimum Gasteiger partial charge on any atom is -0.396 e. The summed E-state index contributed by atoms with van der Waals surface area (Å²) in [6.45, 7) is 2.53. The lowest BCUT2D eigenvalue weighted by Crippen LogP contribution is -2.46. The number of urea groups is 1. The van der Waals surface area contributed by atoms with Crippen LogP contribution in [-0.2, 0) is 4.74 Å². The summed E-state index contributed by atoms with van der Waals surface area (Å²) in [5.74, 6) is 0. The van der Waals surface area contributed by atoms with Crippen molar-refractivity contribution in [2.24, 2.45) is 0 Å². The third kappa shape index (κ3) is 4.59. The van der Waals surface area contributed by atoms with Gasteiger partial charge in [0.2, 0.25) is 0 Å². The first-order valence-corrected chi connectivity index (χ1v) is 7.53. The standard InChI is InChI=1S/C15H21ClN2O3/c1-10(6-8-19)17-15(20)18-13-7-9-21-14(13)11-2-4-12(16)5-3-11/h2-5,10,13-14,19H,6-9H2,1H3,(H2,17,18,20). The van der Waals surface area contributed by atoms with Gasteiger partial charge in [-0.15, -0.1) is 0 Å². The van der Waals surface area contributed by atoms with Crippen LogP contribution in [0.3, 0.4) is 0 Å². The van der Waals surface area contributed by atoms with Crippen LogP contribution in [0.2, 0.25) is 5.02 Å². The SMILES string of the molecule is CC(CCO)NC(=O)NC1CCOC1c1ccc(Cl)cc1. The molecule has 0 saturated carbocycles. The molecule has 1 saturated heterocycles. The highest BCUT2D eigenvalue weighted by molar-refractivity contribution is 6.30. The van der Waals surface area contributed by atoms with Gasteiger partial charge in [-0.1, -0.05) is 23.7 Å². The zero-order chi connectivity index (χ0) is 15.2. The van der Waals surface area contributed by atoms with Crippen LogP contribution in [0, 0.1) is 0 Å². The van der Waals surface area contributed by atoms with E-state index in [4.69, 9.17) is 21.4 Å². The zero-order valence-corrected chi connectivity index (χ0v) is 12.8. The summed E-state index contributed by atoms with van der Waals surface area (Å²) in [7, 11) is 0. The van der Waals surface area contributed by atoms with Crippen molar-refractivity contribution in [2.75, 3.05) is 13.2 Å². The third-order valence-corrected chi connectivity index (χ3v) is 3.80. The van der Waals surface area contributed by atoms with Crippen LogP contribution in [0.4, 0.5) is 4.79 Å². The van der Waals surface area contributed by atoms with Gasteiger partial charge in [0.15, 0.2) is 0 Å². The van der Waals surface area contributed by atoms with Gasteiger partial charge in [0, 0.05) is 24.3 Å². The fourth-order valence-corrected chi connectivity index (χ4v) is 2.54. The van der Waals surface area contributed by atoms with E-state index in [9.17, 15) is 4.79 Å². The maximum Gasteiger partial charge on any atom is 0.315 e. The number of rotatable bonds is 5. The Bertz CT molecular complexity index is 466. The van der Waals surface area contributed by atoms with E-state index in [0.29, 0.717) is 18.1 Å². The first-order valence-electron chi connectivity index (χ1n) is 7.15. The molecule has 5 nitrogen and oxygen atoms in total. The van der Waals surface area contributed by atoms with E-state index in [1.807, 2.05) is 31.2 Å². The molecule has 1 aliphatic heterocycles. The number of benzene rings is 1. The second-order valence-corrected chi connectivity index (χ2v) is 5.71. The molecule has 1 aromatic carbocycles. The van der Waals surface area contributed by atoms with Gasteiger partial charge in [0.25, 0.3) is 0 Å². The van der Waals surface area contributed by atoms with Gasteiger partial charge in [-0.25, -0.2) is 4.79 Å². The van der Waals surface area contributed by atoms with Crippen molar-refractivity contribution in [2.45, 2.75) is 38.0 Å². The molecular formula is C15H21ClN2O3. The molecular weight excluding hydrogens is 292 g/mol. The molecule has 2 rings (SSSR count). The van der Waals surface area contributed by atoms with Gasteiger partial charge in [-0.05, 0) is 37.5 Å². The molecule has 0 bridgehead atoms. The lowest BCUT2D eigenvalue weighted by molar-refractivity contribution is 0.0998. The van der Waals surface area contributed by atoms with Crippen LogP contribution in [0.15, 0.2) is 24.3 Å². The van der Waals surface area contributed by atoms with E-state index in [1.165, 1.54) is 0 Å². The second-order valence-electron chi connectivity index (χ2n) is 5.27. The summed E-state index contributed by atoms with van der Waals surface area (Å²) in [5, 5.41) is 15.3. The Hall–Kier alpha value is -1.30. The number of amides is 2. The van der Waals surface area contributed by atoms with Crippen molar-refractivity contribution in [3.63, 3.8) is 0 Å². The van der Waals surface area contributed by atoms with E-state index in [1.54, 1.807) is 0 Å². The number of carbonyl (C=O) groups excluding carboxylic acids is 1. The lowest BCUT2D eigenvalue weighted by Gasteiger charge is -2.22. The van der Waals surface area contributed by atoms with Gasteiger partial charge in [-0.2, -0.15) is 0 Å². The lowest BCUT2D eigenvalue weighted by atomic mass is 10.0. The first kappa shape index (κ1) is 16.1. The molecule has 1 heterocycles. The van der Waals surface area contributed by atoms with Gasteiger partial charge in [0.05, 0.1) is 6.04 Å². The largest absolute Gasteiger partial charge is 0.396 e. The fraction of sp³-hybridized carbons (Fsp3) is 0.533. The number of halogens is 1. The Morgan fingerprint density at radius 3 is 2.86 bits per heavy atom. The molecule has 1 aliphatic rings. The number of aliphatic hydroxyl groups excluding tert-OH is 1. The summed E-state index contributed by atoms with van der Waals surface area (Å²) in [4.78, 5) is 11.9. The summed E-state index contributed by atoms with van der Waals surface area (Å²) < 4.78 is 5.72. The highest BCUT2D eigenvalue weighted by Gasteiger charge is 2.31. The molecule has 3 N–H and O–H groups in total. The highest BCUT2D eigenvalue weighted by atomic mass is 35.5. The van der Waals surface area contributed by atoms with Crippen LogP contribution < -0.4 is 10.6 Å². The monoisotopic (exact) mass is 312 g/mol. The molecule has 116 valence electrons. The average Bonchev–Trinajstić information content (AvgIpc) is 2.87. The minimum absolute atomic E-state index is 0.0569. The number of carbonyl (C=O) groups is 1. The Kier molecular flexibility index (Phi) is 5.85. The Morgan fingerprint density at radius 2 is 2.19 bits per heavy atom. The van der Waals surface area contributed by atoms with E-state index in [2.05, 4.69) is 10.6 Å².